The Labute approximate surface area is 806 Å². The van der Waals surface area contributed by atoms with Crippen molar-refractivity contribution in [2.45, 2.75) is 21.7 Å². The Kier molecular flexibility index (Phi) is 18.6. The van der Waals surface area contributed by atoms with E-state index in [0.29, 0.717) is 0 Å². The molecule has 4 spiro atoms. The molecule has 0 unspecified atom stereocenters. The van der Waals surface area contributed by atoms with E-state index in [1.807, 2.05) is 0 Å². The third-order valence-corrected chi connectivity index (χ3v) is 30.7. The summed E-state index contributed by atoms with van der Waals surface area (Å²) in [6.45, 7) is 0. The number of fused-ring (bicyclic) bond motifs is 32. The zero-order chi connectivity index (χ0) is 91.0. The van der Waals surface area contributed by atoms with Gasteiger partial charge in [-0.15, -0.1) is 0 Å². The Bertz CT molecular complexity index is 8290. The fourth-order valence-corrected chi connectivity index (χ4v) is 25.3. The SMILES string of the molecule is c1ccc(-c2ccc(N(c3ccc(-c4ccccc4)cc3)c3cccc(-c4cccc5c4-c4ccccc4C54c5ccccc5C5(c6ccccc6-c6ccccc65)c5ccccc54)c3)cc2)cc1.c1ccc(-c2ccc(N(c3cccc(-c4ccccc4)c3)c3cccc(-c4cccc5c4-c4ccccc4C54c5ccccc5C5(c6ccccc6-c6ccccc65)c5ccccc54)c3)cc2)cc1. The number of benzene rings is 22. The van der Waals surface area contributed by atoms with Crippen LogP contribution in [0.4, 0.5) is 34.1 Å². The van der Waals surface area contributed by atoms with Gasteiger partial charge >= 0.3 is 0 Å². The second kappa shape index (κ2) is 32.1. The largest absolute Gasteiger partial charge is 0.310 e. The molecule has 0 amide bonds. The van der Waals surface area contributed by atoms with E-state index < -0.39 is 21.7 Å². The first-order valence-electron chi connectivity index (χ1n) is 48.2. The summed E-state index contributed by atoms with van der Waals surface area (Å²) in [5.74, 6) is 0. The summed E-state index contributed by atoms with van der Waals surface area (Å²) in [5, 5.41) is 0. The highest BCUT2D eigenvalue weighted by Gasteiger charge is 2.61. The molecule has 138 heavy (non-hydrogen) atoms. The van der Waals surface area contributed by atoms with Gasteiger partial charge in [-0.3, -0.25) is 0 Å². The molecule has 0 fully saturated rings. The van der Waals surface area contributed by atoms with E-state index in [2.05, 4.69) is 556 Å². The quantitative estimate of drug-likeness (QED) is 0.120. The fraction of sp³-hybridized carbons (Fsp3) is 0.0294. The Morgan fingerprint density at radius 3 is 0.558 bits per heavy atom. The van der Waals surface area contributed by atoms with Crippen LogP contribution in [0.25, 0.3) is 111 Å². The van der Waals surface area contributed by atoms with Crippen LogP contribution in [0.1, 0.15) is 89.0 Å². The molecule has 22 aromatic rings. The highest BCUT2D eigenvalue weighted by Crippen LogP contribution is 2.71. The van der Waals surface area contributed by atoms with Crippen LogP contribution in [0, 0.1) is 0 Å². The lowest BCUT2D eigenvalue weighted by Crippen LogP contribution is -2.43. The van der Waals surface area contributed by atoms with Crippen molar-refractivity contribution >= 4 is 34.1 Å². The molecule has 0 aliphatic heterocycles. The van der Waals surface area contributed by atoms with Crippen molar-refractivity contribution in [2.24, 2.45) is 0 Å². The van der Waals surface area contributed by atoms with Gasteiger partial charge in [0.25, 0.3) is 0 Å². The van der Waals surface area contributed by atoms with Crippen LogP contribution >= 0.6 is 0 Å². The first kappa shape index (κ1) is 80.1. The lowest BCUT2D eigenvalue weighted by Gasteiger charge is -2.48. The molecule has 2 nitrogen and oxygen atoms in total. The molecule has 644 valence electrons. The van der Waals surface area contributed by atoms with Crippen molar-refractivity contribution in [1.82, 2.24) is 0 Å². The summed E-state index contributed by atoms with van der Waals surface area (Å²) in [6, 6.07) is 203. The topological polar surface area (TPSA) is 6.48 Å². The van der Waals surface area contributed by atoms with Crippen LogP contribution in [0.2, 0.25) is 0 Å². The summed E-state index contributed by atoms with van der Waals surface area (Å²) in [4.78, 5) is 4.81. The van der Waals surface area contributed by atoms with Crippen molar-refractivity contribution in [3.8, 4) is 111 Å². The second-order valence-corrected chi connectivity index (χ2v) is 37.3. The molecule has 2 heteroatoms. The van der Waals surface area contributed by atoms with Gasteiger partial charge in [-0.25, -0.2) is 0 Å². The summed E-state index contributed by atoms with van der Waals surface area (Å²) in [7, 11) is 0. The summed E-state index contributed by atoms with van der Waals surface area (Å²) < 4.78 is 0. The molecule has 6 aliphatic rings. The normalized spacial score (nSPS) is 13.7. The molecule has 0 saturated heterocycles. The lowest BCUT2D eigenvalue weighted by atomic mass is 9.52. The predicted molar refractivity (Wildman–Crippen MR) is 571 cm³/mol. The number of nitrogens with zero attached hydrogens (tertiary/aromatic N) is 2. The van der Waals surface area contributed by atoms with E-state index in [-0.39, 0.29) is 0 Å². The molecular weight excluding hydrogens is 1660 g/mol. The zero-order valence-corrected chi connectivity index (χ0v) is 75.9. The number of hydrogen-bond donors (Lipinski definition) is 0. The molecule has 0 saturated carbocycles. The molecular formula is C136H90N2. The van der Waals surface area contributed by atoms with Gasteiger partial charge in [-0.2, -0.15) is 0 Å². The van der Waals surface area contributed by atoms with E-state index in [0.717, 1.165) is 34.1 Å². The smallest absolute Gasteiger partial charge is 0.0720 e. The molecule has 0 atom stereocenters. The van der Waals surface area contributed by atoms with E-state index in [1.165, 1.54) is 200 Å². The van der Waals surface area contributed by atoms with Crippen molar-refractivity contribution < 1.29 is 0 Å². The predicted octanol–water partition coefficient (Wildman–Crippen LogP) is 34.4. The van der Waals surface area contributed by atoms with Gasteiger partial charge in [-0.1, -0.05) is 473 Å². The van der Waals surface area contributed by atoms with Crippen molar-refractivity contribution in [2.75, 3.05) is 9.80 Å². The van der Waals surface area contributed by atoms with Crippen molar-refractivity contribution in [1.29, 1.82) is 0 Å². The van der Waals surface area contributed by atoms with Gasteiger partial charge in [0.1, 0.15) is 0 Å². The van der Waals surface area contributed by atoms with Crippen LogP contribution in [0.3, 0.4) is 0 Å². The lowest BCUT2D eigenvalue weighted by molar-refractivity contribution is 0.633. The van der Waals surface area contributed by atoms with E-state index in [1.54, 1.807) is 0 Å². The summed E-state index contributed by atoms with van der Waals surface area (Å²) in [6.07, 6.45) is 0. The van der Waals surface area contributed by atoms with E-state index >= 15 is 0 Å². The average molecular weight is 1750 g/mol. The maximum atomic E-state index is 2.43. The number of hydrogen-bond acceptors (Lipinski definition) is 2. The standard InChI is InChI=1S/2C68H45N/c1-3-20-46(21-4-1)48-40-42-51(43-41-48)69(52-26-17-24-49(44-52)47-22-5-2-6-23-47)53-27-18-25-50(45-53)54-31-19-39-65-66(54)57-30-9-12-34-60(57)68(65)63-37-15-13-35-61(63)67(62-36-14-16-38-64(62)68)58-32-10-7-28-55(58)56-29-8-11-33-59(56)67;1-3-19-46(20-4-1)48-37-41-51(42-38-48)69(52-43-39-49(40-44-52)47-21-5-2-6-22-47)53-24-17-23-50(45-53)54-28-18-36-65-66(54)57-27-9-12-31-60(57)68(65)63-34-15-13-32-61(63)67(62-33-14-16-35-64(62)68)58-29-10-7-25-55(58)56-26-8-11-30-59(56)67/h2*1-45H. The molecule has 6 aliphatic carbocycles. The monoisotopic (exact) mass is 1750 g/mol. The Hall–Kier alpha value is -17.6. The number of anilines is 6. The van der Waals surface area contributed by atoms with Gasteiger partial charge in [0.05, 0.1) is 21.7 Å². The molecule has 0 heterocycles. The van der Waals surface area contributed by atoms with Crippen molar-refractivity contribution in [3.63, 3.8) is 0 Å². The first-order chi connectivity index (χ1) is 68.5. The Morgan fingerprint density at radius 1 is 0.101 bits per heavy atom. The molecule has 28 rings (SSSR count). The van der Waals surface area contributed by atoms with Crippen LogP contribution in [0.15, 0.2) is 546 Å². The van der Waals surface area contributed by atoms with Gasteiger partial charge in [-0.05, 0) is 273 Å². The fourth-order valence-electron chi connectivity index (χ4n) is 25.3. The number of rotatable bonds is 12. The van der Waals surface area contributed by atoms with Gasteiger partial charge in [0, 0.05) is 34.1 Å². The van der Waals surface area contributed by atoms with Gasteiger partial charge in [0.2, 0.25) is 0 Å². The Morgan fingerprint density at radius 2 is 0.275 bits per heavy atom. The molecule has 0 N–H and O–H groups in total. The summed E-state index contributed by atoms with van der Waals surface area (Å²) >= 11 is 0. The zero-order valence-electron chi connectivity index (χ0n) is 75.9. The minimum absolute atomic E-state index is 0.475. The highest BCUT2D eigenvalue weighted by atomic mass is 15.1. The van der Waals surface area contributed by atoms with Crippen LogP contribution in [-0.2, 0) is 21.7 Å². The van der Waals surface area contributed by atoms with Crippen LogP contribution in [0.5, 0.6) is 0 Å². The third kappa shape index (κ3) is 11.8. The first-order valence-corrected chi connectivity index (χ1v) is 48.2. The third-order valence-electron chi connectivity index (χ3n) is 30.7. The minimum Gasteiger partial charge on any atom is -0.310 e. The second-order valence-electron chi connectivity index (χ2n) is 37.3. The maximum Gasteiger partial charge on any atom is 0.0720 e. The molecule has 22 aromatic carbocycles. The Balaban J connectivity index is 0.000000139. The average Bonchev–Trinajstić information content (AvgIpc) is 1.47. The molecule has 0 radical (unpaired) electrons. The van der Waals surface area contributed by atoms with E-state index in [4.69, 9.17) is 0 Å². The van der Waals surface area contributed by atoms with Crippen molar-refractivity contribution in [3.05, 3.63) is 635 Å². The van der Waals surface area contributed by atoms with Gasteiger partial charge in [0.15, 0.2) is 0 Å². The molecule has 0 aromatic heterocycles. The maximum absolute atomic E-state index is 2.43. The molecule has 0 bridgehead atoms. The highest BCUT2D eigenvalue weighted by molar-refractivity contribution is 6.03. The van der Waals surface area contributed by atoms with Crippen LogP contribution < -0.4 is 9.80 Å². The van der Waals surface area contributed by atoms with Gasteiger partial charge < -0.3 is 9.80 Å². The minimum atomic E-state index is -0.561. The van der Waals surface area contributed by atoms with E-state index in [9.17, 15) is 0 Å². The summed E-state index contributed by atoms with van der Waals surface area (Å²) in [5.41, 5.74) is 50.8. The van der Waals surface area contributed by atoms with Crippen LogP contribution in [-0.4, -0.2) is 0 Å².